The quantitative estimate of drug-likeness (QED) is 0.659. The number of anilines is 2. The molecule has 0 atom stereocenters. The van der Waals surface area contributed by atoms with Crippen LogP contribution < -0.4 is 10.5 Å². The molecule has 6 nitrogen and oxygen atoms in total. The highest BCUT2D eigenvalue weighted by molar-refractivity contribution is 7.92. The van der Waals surface area contributed by atoms with Crippen molar-refractivity contribution in [2.45, 2.75) is 5.03 Å². The van der Waals surface area contributed by atoms with Gasteiger partial charge in [-0.05, 0) is 0 Å². The Labute approximate surface area is 116 Å². The van der Waals surface area contributed by atoms with Gasteiger partial charge in [-0.3, -0.25) is 4.72 Å². The normalized spacial score (nSPS) is 11.7. The van der Waals surface area contributed by atoms with Crippen LogP contribution in [0.3, 0.4) is 0 Å². The number of benzene rings is 1. The van der Waals surface area contributed by atoms with Crippen molar-refractivity contribution < 1.29 is 26.0 Å². The van der Waals surface area contributed by atoms with Gasteiger partial charge in [-0.15, -0.1) is 0 Å². The molecule has 1 aromatic heterocycles. The summed E-state index contributed by atoms with van der Waals surface area (Å²) in [5.41, 5.74) is 3.85. The Bertz CT molecular complexity index is 773. The van der Waals surface area contributed by atoms with Crippen molar-refractivity contribution in [2.24, 2.45) is 7.05 Å². The summed E-state index contributed by atoms with van der Waals surface area (Å²) in [4.78, 5) is 3.49. The van der Waals surface area contributed by atoms with Crippen LogP contribution in [0.15, 0.2) is 17.4 Å². The lowest BCUT2D eigenvalue weighted by Crippen LogP contribution is -2.20. The van der Waals surface area contributed by atoms with Gasteiger partial charge in [0.05, 0.1) is 6.33 Å². The topological polar surface area (TPSA) is 90.0 Å². The van der Waals surface area contributed by atoms with E-state index >= 15 is 0 Å². The highest BCUT2D eigenvalue weighted by Crippen LogP contribution is 2.27. The Morgan fingerprint density at radius 3 is 2.14 bits per heavy atom. The fourth-order valence-corrected chi connectivity index (χ4v) is 2.91. The number of aryl methyl sites for hydroxylation is 1. The number of nitrogens with one attached hydrogen (secondary N) is 1. The first-order valence-electron chi connectivity index (χ1n) is 5.27. The summed E-state index contributed by atoms with van der Waals surface area (Å²) in [6.07, 6.45) is 1.04. The molecule has 0 aliphatic carbocycles. The molecular weight excluding hydrogens is 316 g/mol. The van der Waals surface area contributed by atoms with Crippen molar-refractivity contribution in [1.29, 1.82) is 0 Å². The zero-order valence-corrected chi connectivity index (χ0v) is 11.2. The van der Waals surface area contributed by atoms with Crippen LogP contribution in [-0.2, 0) is 17.1 Å². The lowest BCUT2D eigenvalue weighted by Gasteiger charge is -2.11. The maximum absolute atomic E-state index is 13.5. The largest absolute Gasteiger partial charge is 0.381 e. The van der Waals surface area contributed by atoms with Crippen LogP contribution in [0.25, 0.3) is 0 Å². The van der Waals surface area contributed by atoms with Crippen molar-refractivity contribution in [2.75, 3.05) is 10.5 Å². The van der Waals surface area contributed by atoms with Gasteiger partial charge in [0.25, 0.3) is 10.0 Å². The molecule has 2 rings (SSSR count). The van der Waals surface area contributed by atoms with Gasteiger partial charge in [-0.2, -0.15) is 8.42 Å². The number of sulfonamides is 1. The van der Waals surface area contributed by atoms with Crippen LogP contribution >= 0.6 is 0 Å². The van der Waals surface area contributed by atoms with Crippen molar-refractivity contribution in [3.05, 3.63) is 35.7 Å². The fraction of sp³-hybridized carbons (Fsp3) is 0.100. The monoisotopic (exact) mass is 324 g/mol. The maximum Gasteiger partial charge on any atom is 0.281 e. The minimum absolute atomic E-state index is 0.0408. The summed E-state index contributed by atoms with van der Waals surface area (Å²) in [5, 5.41) is -0.606. The van der Waals surface area contributed by atoms with Gasteiger partial charge in [-0.1, -0.05) is 0 Å². The predicted molar refractivity (Wildman–Crippen MR) is 64.7 cm³/mol. The molecule has 0 unspecified atom stereocenters. The minimum atomic E-state index is -4.60. The zero-order valence-electron chi connectivity index (χ0n) is 10.4. The van der Waals surface area contributed by atoms with E-state index in [-0.39, 0.29) is 6.07 Å². The number of nitrogens with zero attached hydrogens (tertiary/aromatic N) is 2. The maximum atomic E-state index is 13.5. The second-order valence-electron chi connectivity index (χ2n) is 3.99. The number of aromatic nitrogens is 2. The number of nitrogens with two attached hydrogens (primary N) is 1. The fourth-order valence-electron chi connectivity index (χ4n) is 1.61. The van der Waals surface area contributed by atoms with Gasteiger partial charge in [0, 0.05) is 13.1 Å². The average molecular weight is 324 g/mol. The first-order chi connectivity index (χ1) is 9.65. The van der Waals surface area contributed by atoms with Gasteiger partial charge in [0.1, 0.15) is 5.69 Å². The van der Waals surface area contributed by atoms with Gasteiger partial charge < -0.3 is 10.3 Å². The van der Waals surface area contributed by atoms with Crippen molar-refractivity contribution in [3.8, 4) is 0 Å². The molecule has 2 aromatic rings. The smallest absolute Gasteiger partial charge is 0.281 e. The Balaban J connectivity index is 2.57. The number of halogens is 4. The van der Waals surface area contributed by atoms with E-state index in [1.54, 1.807) is 0 Å². The Kier molecular flexibility index (Phi) is 3.53. The zero-order chi connectivity index (χ0) is 15.9. The van der Waals surface area contributed by atoms with Gasteiger partial charge in [0.2, 0.25) is 0 Å². The third-order valence-corrected chi connectivity index (χ3v) is 3.99. The molecule has 0 spiro atoms. The van der Waals surface area contributed by atoms with Crippen molar-refractivity contribution in [3.63, 3.8) is 0 Å². The van der Waals surface area contributed by atoms with Crippen LogP contribution in [-0.4, -0.2) is 18.0 Å². The summed E-state index contributed by atoms with van der Waals surface area (Å²) in [6.45, 7) is 0. The molecule has 0 amide bonds. The Hall–Kier alpha value is -2.30. The number of nitrogen functional groups attached to an aromatic ring is 1. The molecule has 0 saturated heterocycles. The summed E-state index contributed by atoms with van der Waals surface area (Å²) < 4.78 is 79.4. The third-order valence-electron chi connectivity index (χ3n) is 2.51. The molecule has 0 bridgehead atoms. The van der Waals surface area contributed by atoms with Crippen molar-refractivity contribution in [1.82, 2.24) is 9.55 Å². The lowest BCUT2D eigenvalue weighted by molar-refractivity contribution is 0.459. The first-order valence-corrected chi connectivity index (χ1v) is 6.76. The van der Waals surface area contributed by atoms with Gasteiger partial charge >= 0.3 is 0 Å². The Morgan fingerprint density at radius 1 is 1.19 bits per heavy atom. The lowest BCUT2D eigenvalue weighted by atomic mass is 10.3. The Morgan fingerprint density at radius 2 is 1.71 bits per heavy atom. The molecular formula is C10H8F4N4O2S. The second kappa shape index (κ2) is 4.91. The summed E-state index contributed by atoms with van der Waals surface area (Å²) >= 11 is 0. The third kappa shape index (κ3) is 2.51. The summed E-state index contributed by atoms with van der Waals surface area (Å²) in [5.74, 6) is -7.69. The van der Waals surface area contributed by atoms with Crippen LogP contribution in [0.5, 0.6) is 0 Å². The highest BCUT2D eigenvalue weighted by atomic mass is 32.2. The van der Waals surface area contributed by atoms with E-state index in [4.69, 9.17) is 5.73 Å². The van der Waals surface area contributed by atoms with E-state index in [2.05, 4.69) is 4.98 Å². The molecule has 0 saturated carbocycles. The molecule has 21 heavy (non-hydrogen) atoms. The van der Waals surface area contributed by atoms with E-state index in [0.29, 0.717) is 0 Å². The van der Waals surface area contributed by atoms with E-state index in [1.807, 2.05) is 0 Å². The van der Waals surface area contributed by atoms with Crippen LogP contribution in [0.4, 0.5) is 29.1 Å². The minimum Gasteiger partial charge on any atom is -0.381 e. The molecule has 1 heterocycles. The molecule has 3 N–H and O–H groups in total. The second-order valence-corrected chi connectivity index (χ2v) is 5.59. The standard InChI is InChI=1S/C10H8F4N4O2S/c1-18-3-16-9(15)10(18)21(19,20)17-8-6(13)4(11)2-5(12)7(8)14/h2-3,17H,15H2,1H3. The molecule has 114 valence electrons. The highest BCUT2D eigenvalue weighted by Gasteiger charge is 2.28. The van der Waals surface area contributed by atoms with E-state index in [9.17, 15) is 26.0 Å². The molecule has 0 radical (unpaired) electrons. The number of imidazole rings is 1. The molecule has 0 aliphatic heterocycles. The van der Waals surface area contributed by atoms with Crippen LogP contribution in [0, 0.1) is 23.3 Å². The molecule has 11 heteroatoms. The first kappa shape index (κ1) is 15.1. The number of rotatable bonds is 3. The van der Waals surface area contributed by atoms with E-state index in [1.165, 1.54) is 11.8 Å². The SMILES string of the molecule is Cn1cnc(N)c1S(=O)(=O)Nc1c(F)c(F)cc(F)c1F. The van der Waals surface area contributed by atoms with E-state index < -0.39 is 49.8 Å². The molecule has 0 aliphatic rings. The van der Waals surface area contributed by atoms with Crippen LogP contribution in [0.2, 0.25) is 0 Å². The van der Waals surface area contributed by atoms with Crippen LogP contribution in [0.1, 0.15) is 0 Å². The number of hydrogen-bond acceptors (Lipinski definition) is 4. The number of hydrogen-bond donors (Lipinski definition) is 2. The molecule has 0 fully saturated rings. The molecule has 1 aromatic carbocycles. The summed E-state index contributed by atoms with van der Waals surface area (Å²) in [7, 11) is -3.34. The predicted octanol–water partition coefficient (Wildman–Crippen LogP) is 1.36. The van der Waals surface area contributed by atoms with Gasteiger partial charge in [-0.25, -0.2) is 22.5 Å². The van der Waals surface area contributed by atoms with E-state index in [0.717, 1.165) is 10.9 Å². The van der Waals surface area contributed by atoms with Crippen molar-refractivity contribution >= 4 is 21.5 Å². The average Bonchev–Trinajstić information content (AvgIpc) is 2.72. The van der Waals surface area contributed by atoms with Gasteiger partial charge in [0.15, 0.2) is 34.1 Å². The summed E-state index contributed by atoms with van der Waals surface area (Å²) in [6, 6.07) is -0.0408.